The number of benzene rings is 3. The van der Waals surface area contributed by atoms with Gasteiger partial charge in [0, 0.05) is 118 Å². The number of alkyl halides is 7. The molecule has 2 aliphatic carbocycles. The molecule has 7 atom stereocenters. The number of amides is 2. The fourth-order valence-electron chi connectivity index (χ4n) is 10.9. The van der Waals surface area contributed by atoms with Crippen molar-refractivity contribution >= 4 is 87.9 Å². The van der Waals surface area contributed by atoms with Gasteiger partial charge in [-0.15, -0.1) is 13.2 Å². The number of nitrogens with zero attached hydrogens (tertiary/aromatic N) is 3. The van der Waals surface area contributed by atoms with E-state index in [1.807, 2.05) is 0 Å². The van der Waals surface area contributed by atoms with E-state index in [4.69, 9.17) is 0 Å². The Morgan fingerprint density at radius 2 is 0.989 bits per heavy atom. The SMILES string of the molecule is CNC(=O)C(CC1CC1(F)F)c1ccc(S(=O)(=O)N2CCC(CNS(=O)(=O)/C=C\C=C\S(=O)(=O)NCC3CCN(S(=O)(=O)c4ccc(C(CC5CC5(F)F)C(=O)NCC/C=C/S(=O)(=O)NCC5CCN(S(=O)(=O)c6ccc(OC(F)(F)F)cc6Br)C5)cc4)C3)C2)cc1. The number of likely N-dealkylation sites (N-methyl/N-ethyl adjacent to an activating group) is 1. The molecule has 5 aliphatic rings. The third-order valence-corrected chi connectivity index (χ3v) is 26.3. The Labute approximate surface area is 538 Å². The molecule has 8 rings (SSSR count). The molecular weight excluding hydrogens is 1420 g/mol. The van der Waals surface area contributed by atoms with E-state index in [9.17, 15) is 90.8 Å². The fraction of sp³-hybridized carbons (Fsp3) is 0.527. The molecule has 92 heavy (non-hydrogen) atoms. The highest BCUT2D eigenvalue weighted by atomic mass is 79.9. The average molecular weight is 1490 g/mol. The van der Waals surface area contributed by atoms with Crippen LogP contribution in [-0.4, -0.2) is 166 Å². The molecule has 3 aromatic rings. The van der Waals surface area contributed by atoms with Gasteiger partial charge < -0.3 is 15.4 Å². The lowest BCUT2D eigenvalue weighted by atomic mass is 9.92. The van der Waals surface area contributed by atoms with Crippen LogP contribution < -0.4 is 29.5 Å². The summed E-state index contributed by atoms with van der Waals surface area (Å²) in [7, 11) is -23.4. The van der Waals surface area contributed by atoms with Crippen LogP contribution in [-0.2, 0) is 69.7 Å². The molecule has 0 spiro atoms. The summed E-state index contributed by atoms with van der Waals surface area (Å²) in [6.07, 6.45) is -2.24. The second kappa shape index (κ2) is 28.8. The predicted octanol–water partition coefficient (Wildman–Crippen LogP) is 5.59. The zero-order chi connectivity index (χ0) is 67.5. The van der Waals surface area contributed by atoms with Crippen molar-refractivity contribution in [1.82, 2.24) is 37.7 Å². The van der Waals surface area contributed by atoms with Crippen LogP contribution in [0.25, 0.3) is 0 Å². The first kappa shape index (κ1) is 72.9. The fourth-order valence-corrected chi connectivity index (χ4v) is 19.2. The van der Waals surface area contributed by atoms with E-state index in [0.717, 1.165) is 44.4 Å². The smallest absolute Gasteiger partial charge is 0.406 e. The second-order valence-electron chi connectivity index (χ2n) is 23.1. The number of sulfonamides is 6. The number of nitrogens with one attached hydrogen (secondary N) is 5. The van der Waals surface area contributed by atoms with E-state index >= 15 is 0 Å². The van der Waals surface area contributed by atoms with Crippen LogP contribution in [0, 0.1) is 29.6 Å². The molecule has 3 heterocycles. The first-order chi connectivity index (χ1) is 42.8. The lowest BCUT2D eigenvalue weighted by molar-refractivity contribution is -0.274. The molecular formula is C55H68BrF7N8O15S6. The first-order valence-electron chi connectivity index (χ1n) is 28.8. The Balaban J connectivity index is 0.748. The first-order valence-corrected chi connectivity index (χ1v) is 38.6. The zero-order valence-electron chi connectivity index (χ0n) is 49.0. The number of carbonyl (C=O) groups excluding carboxylic acids is 2. The van der Waals surface area contributed by atoms with Crippen molar-refractivity contribution in [2.24, 2.45) is 29.6 Å². The number of hydrogen-bond acceptors (Lipinski definition) is 15. The molecule has 2 amide bonds. The van der Waals surface area contributed by atoms with Gasteiger partial charge in [0.1, 0.15) is 5.75 Å². The number of hydrogen-bond donors (Lipinski definition) is 5. The Kier molecular flexibility index (Phi) is 22.8. The summed E-state index contributed by atoms with van der Waals surface area (Å²) < 4.78 is 265. The van der Waals surface area contributed by atoms with Crippen molar-refractivity contribution in [2.45, 2.75) is 96.1 Å². The molecule has 37 heteroatoms. The molecule has 510 valence electrons. The maximum atomic E-state index is 14.2. The van der Waals surface area contributed by atoms with Crippen molar-refractivity contribution in [3.8, 4) is 5.75 Å². The molecule has 2 saturated carbocycles. The number of rotatable bonds is 31. The van der Waals surface area contributed by atoms with E-state index in [-0.39, 0.29) is 129 Å². The van der Waals surface area contributed by atoms with Crippen LogP contribution in [0.2, 0.25) is 0 Å². The van der Waals surface area contributed by atoms with Gasteiger partial charge >= 0.3 is 6.36 Å². The minimum atomic E-state index is -5.00. The summed E-state index contributed by atoms with van der Waals surface area (Å²) in [5.74, 6) is -13.2. The van der Waals surface area contributed by atoms with Gasteiger partial charge in [0.2, 0.25) is 72.0 Å². The molecule has 0 bridgehead atoms. The van der Waals surface area contributed by atoms with Crippen LogP contribution in [0.3, 0.4) is 0 Å². The molecule has 7 unspecified atom stereocenters. The maximum Gasteiger partial charge on any atom is 0.573 e. The van der Waals surface area contributed by atoms with Gasteiger partial charge in [-0.25, -0.2) is 82.2 Å². The van der Waals surface area contributed by atoms with E-state index in [1.165, 1.54) is 66.0 Å². The van der Waals surface area contributed by atoms with E-state index in [1.54, 1.807) is 0 Å². The van der Waals surface area contributed by atoms with Gasteiger partial charge in [-0.1, -0.05) is 30.3 Å². The monoisotopic (exact) mass is 1480 g/mol. The Bertz CT molecular complexity index is 4010. The van der Waals surface area contributed by atoms with Crippen LogP contribution in [0.5, 0.6) is 5.75 Å². The van der Waals surface area contributed by atoms with Crippen LogP contribution in [0.4, 0.5) is 30.7 Å². The quantitative estimate of drug-likeness (QED) is 0.0298. The lowest BCUT2D eigenvalue weighted by Gasteiger charge is -2.19. The number of halogens is 8. The van der Waals surface area contributed by atoms with Crippen LogP contribution in [0.1, 0.15) is 74.3 Å². The summed E-state index contributed by atoms with van der Waals surface area (Å²) in [6, 6.07) is 13.2. The van der Waals surface area contributed by atoms with Crippen molar-refractivity contribution in [2.75, 3.05) is 72.5 Å². The van der Waals surface area contributed by atoms with Gasteiger partial charge in [-0.3, -0.25) is 9.59 Å². The molecule has 5 fully saturated rings. The number of ether oxygens (including phenoxy) is 1. The predicted molar refractivity (Wildman–Crippen MR) is 325 cm³/mol. The second-order valence-corrected chi connectivity index (χ2v) is 34.7. The Morgan fingerprint density at radius 1 is 0.598 bits per heavy atom. The highest BCUT2D eigenvalue weighted by Crippen LogP contribution is 2.54. The summed E-state index contributed by atoms with van der Waals surface area (Å²) >= 11 is 2.98. The molecule has 3 saturated heterocycles. The molecule has 0 aromatic heterocycles. The summed E-state index contributed by atoms with van der Waals surface area (Å²) in [6.45, 7) is -0.785. The van der Waals surface area contributed by atoms with Crippen molar-refractivity contribution in [3.63, 3.8) is 0 Å². The summed E-state index contributed by atoms with van der Waals surface area (Å²) in [5.41, 5.74) is 0.607. The minimum absolute atomic E-state index is 0.000323. The molecule has 23 nitrogen and oxygen atoms in total. The molecule has 0 radical (unpaired) electrons. The van der Waals surface area contributed by atoms with Gasteiger partial charge in [-0.05, 0) is 138 Å². The minimum Gasteiger partial charge on any atom is -0.406 e. The third kappa shape index (κ3) is 19.4. The normalized spacial score (nSPS) is 23.3. The van der Waals surface area contributed by atoms with Crippen LogP contribution in [0.15, 0.2) is 120 Å². The molecule has 3 aliphatic heterocycles. The Morgan fingerprint density at radius 3 is 1.37 bits per heavy atom. The highest BCUT2D eigenvalue weighted by molar-refractivity contribution is 9.10. The maximum absolute atomic E-state index is 14.2. The van der Waals surface area contributed by atoms with Crippen molar-refractivity contribution < 1.29 is 95.6 Å². The van der Waals surface area contributed by atoms with Gasteiger partial charge in [0.15, 0.2) is 0 Å². The van der Waals surface area contributed by atoms with Crippen molar-refractivity contribution in [1.29, 1.82) is 0 Å². The van der Waals surface area contributed by atoms with Gasteiger partial charge in [-0.2, -0.15) is 12.9 Å². The van der Waals surface area contributed by atoms with Crippen molar-refractivity contribution in [3.05, 3.63) is 117 Å². The summed E-state index contributed by atoms with van der Waals surface area (Å²) in [5, 5.41) is 7.33. The Hall–Kier alpha value is -4.93. The highest BCUT2D eigenvalue weighted by Gasteiger charge is 2.58. The molecule has 5 N–H and O–H groups in total. The van der Waals surface area contributed by atoms with E-state index < -0.39 is 144 Å². The standard InChI is InChI=1S/C55H68BrF7N8O15S6/c1-64-51(72)47(26-42-29-53(42,57)58)40-6-11-45(12-7-40)90(80,81)69-20-16-37(34-69)31-67-88(76,77)24-4-5-25-89(78,79)68-32-38-17-21-70(35-38)91(82,83)46-13-8-41(9-14-46)48(27-43-30-54(43,59)60)52(73)65-19-2-3-23-87(74,75)66-33-39-18-22-71(36-39)92(84,85)50-15-10-44(28-49(50)56)86-55(61,62)63/h3-15,23-25,28,37-39,42-43,47-48,66-68H,2,16-22,26-27,29-36H2,1H3,(H,64,72)(H,65,73)/b23-3+,24-4-,25-5+. The summed E-state index contributed by atoms with van der Waals surface area (Å²) in [4.78, 5) is 25.4. The number of carbonyl (C=O) groups is 2. The van der Waals surface area contributed by atoms with Gasteiger partial charge in [0.25, 0.3) is 11.8 Å². The lowest BCUT2D eigenvalue weighted by Crippen LogP contribution is -2.33. The third-order valence-electron chi connectivity index (χ3n) is 16.4. The van der Waals surface area contributed by atoms with E-state index in [0.29, 0.717) is 22.8 Å². The molecule has 3 aromatic carbocycles. The van der Waals surface area contributed by atoms with Crippen LogP contribution >= 0.6 is 15.9 Å². The topological polar surface area (TPSA) is 318 Å². The average Bonchev–Trinajstić information content (AvgIpc) is 1.61. The van der Waals surface area contributed by atoms with E-state index in [2.05, 4.69) is 45.5 Å². The largest absolute Gasteiger partial charge is 0.573 e. The number of allylic oxidation sites excluding steroid dienone is 2. The zero-order valence-corrected chi connectivity index (χ0v) is 55.5. The van der Waals surface area contributed by atoms with Gasteiger partial charge in [0.05, 0.1) is 26.5 Å².